The molecular formula is C29H26F4. The van der Waals surface area contributed by atoms with E-state index >= 15 is 0 Å². The second-order valence-electron chi connectivity index (χ2n) is 8.51. The molecule has 4 heteroatoms. The van der Waals surface area contributed by atoms with Crippen LogP contribution in [0.5, 0.6) is 0 Å². The normalized spacial score (nSPS) is 11.3. The topological polar surface area (TPSA) is 0 Å². The van der Waals surface area contributed by atoms with E-state index < -0.39 is 23.3 Å². The third-order valence-electron chi connectivity index (χ3n) is 6.07. The first kappa shape index (κ1) is 23.0. The molecule has 0 fully saturated rings. The van der Waals surface area contributed by atoms with Gasteiger partial charge in [0, 0.05) is 5.56 Å². The molecule has 0 aliphatic rings. The standard InChI is InChI=1S/C29H26F4/c1-2-3-4-5-6-7-19-8-9-21-15-22(11-10-20(21)14-19)23-12-13-25(26(30)16-23)24-17-27(31)29(33)28(32)18-24/h8-18H,2-7H2,1H3. The third-order valence-corrected chi connectivity index (χ3v) is 6.07. The fourth-order valence-corrected chi connectivity index (χ4v) is 4.20. The molecule has 0 spiro atoms. The molecule has 0 amide bonds. The van der Waals surface area contributed by atoms with Crippen LogP contribution >= 0.6 is 0 Å². The lowest BCUT2D eigenvalue weighted by atomic mass is 9.96. The molecular weight excluding hydrogens is 424 g/mol. The van der Waals surface area contributed by atoms with Crippen LogP contribution in [-0.4, -0.2) is 0 Å². The highest BCUT2D eigenvalue weighted by atomic mass is 19.2. The van der Waals surface area contributed by atoms with Gasteiger partial charge in [0.1, 0.15) is 5.82 Å². The molecule has 0 nitrogen and oxygen atoms in total. The Morgan fingerprint density at radius 3 is 1.88 bits per heavy atom. The number of halogens is 4. The average Bonchev–Trinajstić information content (AvgIpc) is 2.81. The average molecular weight is 451 g/mol. The van der Waals surface area contributed by atoms with Gasteiger partial charge in [0.2, 0.25) is 0 Å². The molecule has 0 unspecified atom stereocenters. The Kier molecular flexibility index (Phi) is 7.12. The van der Waals surface area contributed by atoms with E-state index in [9.17, 15) is 17.6 Å². The molecule has 4 rings (SSSR count). The maximum Gasteiger partial charge on any atom is 0.194 e. The summed E-state index contributed by atoms with van der Waals surface area (Å²) in [6.45, 7) is 2.22. The summed E-state index contributed by atoms with van der Waals surface area (Å²) < 4.78 is 55.2. The molecule has 0 saturated heterocycles. The molecule has 33 heavy (non-hydrogen) atoms. The van der Waals surface area contributed by atoms with Gasteiger partial charge in [-0.25, -0.2) is 17.6 Å². The van der Waals surface area contributed by atoms with Crippen molar-refractivity contribution in [2.75, 3.05) is 0 Å². The summed E-state index contributed by atoms with van der Waals surface area (Å²) in [6, 6.07) is 18.5. The van der Waals surface area contributed by atoms with E-state index in [2.05, 4.69) is 25.1 Å². The molecule has 0 aliphatic carbocycles. The Bertz CT molecular complexity index is 1250. The van der Waals surface area contributed by atoms with Crippen LogP contribution in [-0.2, 0) is 6.42 Å². The Morgan fingerprint density at radius 1 is 0.545 bits per heavy atom. The van der Waals surface area contributed by atoms with Crippen LogP contribution in [0.2, 0.25) is 0 Å². The van der Waals surface area contributed by atoms with Gasteiger partial charge in [0.15, 0.2) is 17.5 Å². The monoisotopic (exact) mass is 450 g/mol. The van der Waals surface area contributed by atoms with Crippen LogP contribution in [0.1, 0.15) is 44.6 Å². The maximum absolute atomic E-state index is 14.8. The molecule has 0 saturated carbocycles. The fraction of sp³-hybridized carbons (Fsp3) is 0.241. The number of aryl methyl sites for hydroxylation is 1. The number of unbranched alkanes of at least 4 members (excludes halogenated alkanes) is 4. The van der Waals surface area contributed by atoms with Gasteiger partial charge in [-0.3, -0.25) is 0 Å². The van der Waals surface area contributed by atoms with Gasteiger partial charge in [0.05, 0.1) is 0 Å². The van der Waals surface area contributed by atoms with Crippen molar-refractivity contribution in [3.63, 3.8) is 0 Å². The highest BCUT2D eigenvalue weighted by Crippen LogP contribution is 2.31. The molecule has 0 heterocycles. The van der Waals surface area contributed by atoms with Crippen LogP contribution in [0.25, 0.3) is 33.0 Å². The minimum atomic E-state index is -1.56. The SMILES string of the molecule is CCCCCCCc1ccc2cc(-c3ccc(-c4cc(F)c(F)c(F)c4)c(F)c3)ccc2c1. The van der Waals surface area contributed by atoms with Crippen molar-refractivity contribution in [3.8, 4) is 22.3 Å². The van der Waals surface area contributed by atoms with Gasteiger partial charge >= 0.3 is 0 Å². The summed E-state index contributed by atoms with van der Waals surface area (Å²) in [5.74, 6) is -4.88. The van der Waals surface area contributed by atoms with Crippen LogP contribution in [0.3, 0.4) is 0 Å². The molecule has 170 valence electrons. The molecule has 0 radical (unpaired) electrons. The lowest BCUT2D eigenvalue weighted by Gasteiger charge is -2.10. The van der Waals surface area contributed by atoms with Gasteiger partial charge < -0.3 is 0 Å². The van der Waals surface area contributed by atoms with E-state index in [1.807, 2.05) is 18.2 Å². The zero-order valence-corrected chi connectivity index (χ0v) is 18.6. The fourth-order valence-electron chi connectivity index (χ4n) is 4.20. The van der Waals surface area contributed by atoms with Crippen LogP contribution in [0, 0.1) is 23.3 Å². The molecule has 0 aliphatic heterocycles. The first-order valence-corrected chi connectivity index (χ1v) is 11.4. The molecule has 4 aromatic carbocycles. The Morgan fingerprint density at radius 2 is 1.15 bits per heavy atom. The van der Waals surface area contributed by atoms with Crippen LogP contribution in [0.4, 0.5) is 17.6 Å². The van der Waals surface area contributed by atoms with Crippen LogP contribution < -0.4 is 0 Å². The predicted molar refractivity (Wildman–Crippen MR) is 127 cm³/mol. The number of fused-ring (bicyclic) bond motifs is 1. The smallest absolute Gasteiger partial charge is 0.194 e. The summed E-state index contributed by atoms with van der Waals surface area (Å²) in [5, 5.41) is 2.20. The predicted octanol–water partition coefficient (Wildman–Crippen LogP) is 9.24. The van der Waals surface area contributed by atoms with Crippen molar-refractivity contribution in [2.24, 2.45) is 0 Å². The number of hydrogen-bond donors (Lipinski definition) is 0. The zero-order chi connectivity index (χ0) is 23.4. The first-order chi connectivity index (χ1) is 16.0. The summed E-state index contributed by atoms with van der Waals surface area (Å²) in [7, 11) is 0. The van der Waals surface area contributed by atoms with E-state index in [0.29, 0.717) is 5.56 Å². The number of rotatable bonds is 8. The van der Waals surface area contributed by atoms with Crippen LogP contribution in [0.15, 0.2) is 66.7 Å². The highest BCUT2D eigenvalue weighted by molar-refractivity contribution is 5.88. The van der Waals surface area contributed by atoms with Gasteiger partial charge in [-0.15, -0.1) is 0 Å². The van der Waals surface area contributed by atoms with E-state index in [-0.39, 0.29) is 11.1 Å². The quantitative estimate of drug-likeness (QED) is 0.143. The van der Waals surface area contributed by atoms with Crippen molar-refractivity contribution in [2.45, 2.75) is 45.4 Å². The van der Waals surface area contributed by atoms with Gasteiger partial charge in [-0.05, 0) is 70.1 Å². The van der Waals surface area contributed by atoms with Crippen molar-refractivity contribution in [1.82, 2.24) is 0 Å². The van der Waals surface area contributed by atoms with Crippen molar-refractivity contribution in [3.05, 3.63) is 95.6 Å². The minimum absolute atomic E-state index is 0.0147. The summed E-state index contributed by atoms with van der Waals surface area (Å²) in [4.78, 5) is 0. The molecule has 0 atom stereocenters. The number of benzene rings is 4. The summed E-state index contributed by atoms with van der Waals surface area (Å²) in [5.41, 5.74) is 2.79. The van der Waals surface area contributed by atoms with Gasteiger partial charge in [-0.2, -0.15) is 0 Å². The molecule has 4 aromatic rings. The Balaban J connectivity index is 1.55. The van der Waals surface area contributed by atoms with Gasteiger partial charge in [0.25, 0.3) is 0 Å². The Hall–Kier alpha value is -3.14. The first-order valence-electron chi connectivity index (χ1n) is 11.4. The van der Waals surface area contributed by atoms with E-state index in [1.165, 1.54) is 49.8 Å². The molecule has 0 bridgehead atoms. The molecule has 0 aromatic heterocycles. The van der Waals surface area contributed by atoms with Crippen molar-refractivity contribution < 1.29 is 17.6 Å². The lowest BCUT2D eigenvalue weighted by Crippen LogP contribution is -1.94. The summed E-state index contributed by atoms with van der Waals surface area (Å²) >= 11 is 0. The number of hydrogen-bond acceptors (Lipinski definition) is 0. The van der Waals surface area contributed by atoms with E-state index in [4.69, 9.17) is 0 Å². The zero-order valence-electron chi connectivity index (χ0n) is 18.6. The Labute approximate surface area is 191 Å². The second-order valence-corrected chi connectivity index (χ2v) is 8.51. The summed E-state index contributed by atoms with van der Waals surface area (Å²) in [6.07, 6.45) is 7.33. The van der Waals surface area contributed by atoms with E-state index in [0.717, 1.165) is 34.9 Å². The molecule has 0 N–H and O–H groups in total. The highest BCUT2D eigenvalue weighted by Gasteiger charge is 2.15. The maximum atomic E-state index is 14.8. The van der Waals surface area contributed by atoms with Crippen molar-refractivity contribution >= 4 is 10.8 Å². The van der Waals surface area contributed by atoms with E-state index in [1.54, 1.807) is 6.07 Å². The second kappa shape index (κ2) is 10.2. The largest absolute Gasteiger partial charge is 0.206 e. The third kappa shape index (κ3) is 5.27. The van der Waals surface area contributed by atoms with Gasteiger partial charge in [-0.1, -0.05) is 75.1 Å². The van der Waals surface area contributed by atoms with Crippen molar-refractivity contribution in [1.29, 1.82) is 0 Å². The lowest BCUT2D eigenvalue weighted by molar-refractivity contribution is 0.447. The minimum Gasteiger partial charge on any atom is -0.206 e.